The molecule has 2 amide bonds. The Bertz CT molecular complexity index is 837. The molecule has 0 bridgehead atoms. The van der Waals surface area contributed by atoms with Crippen molar-refractivity contribution in [1.82, 2.24) is 4.90 Å². The van der Waals surface area contributed by atoms with Crippen LogP contribution in [0, 0.1) is 5.92 Å². The SMILES string of the molecule is C=CC[C@H](CCCCOCc1ccccc1)C(=O)N1C(=O)OC[C@H]1Cc1ccccc1. The van der Waals surface area contributed by atoms with Crippen LogP contribution < -0.4 is 0 Å². The van der Waals surface area contributed by atoms with Crippen molar-refractivity contribution >= 4 is 12.0 Å². The second kappa shape index (κ2) is 12.1. The Labute approximate surface area is 184 Å². The average Bonchev–Trinajstić information content (AvgIpc) is 3.16. The smallest absolute Gasteiger partial charge is 0.416 e. The van der Waals surface area contributed by atoms with E-state index < -0.39 is 6.09 Å². The average molecular weight is 422 g/mol. The summed E-state index contributed by atoms with van der Waals surface area (Å²) in [5.41, 5.74) is 2.23. The fraction of sp³-hybridized carbons (Fsp3) is 0.385. The van der Waals surface area contributed by atoms with E-state index in [1.165, 1.54) is 4.90 Å². The van der Waals surface area contributed by atoms with Gasteiger partial charge in [-0.15, -0.1) is 6.58 Å². The molecule has 1 saturated heterocycles. The summed E-state index contributed by atoms with van der Waals surface area (Å²) in [6.07, 6.45) is 4.78. The van der Waals surface area contributed by atoms with E-state index in [2.05, 4.69) is 6.58 Å². The highest BCUT2D eigenvalue weighted by molar-refractivity contribution is 5.94. The molecule has 0 N–H and O–H groups in total. The van der Waals surface area contributed by atoms with Gasteiger partial charge in [0.15, 0.2) is 0 Å². The molecular formula is C26H31NO4. The Kier molecular flexibility index (Phi) is 8.85. The second-order valence-corrected chi connectivity index (χ2v) is 7.88. The molecule has 1 aliphatic rings. The van der Waals surface area contributed by atoms with Gasteiger partial charge in [0, 0.05) is 12.5 Å². The Hall–Kier alpha value is -2.92. The first-order valence-electron chi connectivity index (χ1n) is 11.0. The van der Waals surface area contributed by atoms with Crippen molar-refractivity contribution in [2.24, 2.45) is 5.92 Å². The molecule has 3 rings (SSSR count). The van der Waals surface area contributed by atoms with Crippen LogP contribution in [0.4, 0.5) is 4.79 Å². The molecule has 0 aliphatic carbocycles. The predicted octanol–water partition coefficient (Wildman–Crippen LogP) is 5.16. The van der Waals surface area contributed by atoms with Crippen LogP contribution in [0.1, 0.15) is 36.8 Å². The summed E-state index contributed by atoms with van der Waals surface area (Å²) in [6.45, 7) is 5.28. The maximum absolute atomic E-state index is 13.2. The van der Waals surface area contributed by atoms with Crippen LogP contribution in [-0.4, -0.2) is 36.2 Å². The number of ether oxygens (including phenoxy) is 2. The number of rotatable bonds is 12. The van der Waals surface area contributed by atoms with Gasteiger partial charge in [0.25, 0.3) is 0 Å². The van der Waals surface area contributed by atoms with Crippen LogP contribution >= 0.6 is 0 Å². The second-order valence-electron chi connectivity index (χ2n) is 7.88. The summed E-state index contributed by atoms with van der Waals surface area (Å²) < 4.78 is 11.0. The number of cyclic esters (lactones) is 1. The fourth-order valence-electron chi connectivity index (χ4n) is 3.87. The van der Waals surface area contributed by atoms with Crippen LogP contribution in [0.2, 0.25) is 0 Å². The Morgan fingerprint density at radius 2 is 1.77 bits per heavy atom. The van der Waals surface area contributed by atoms with Crippen LogP contribution in [0.15, 0.2) is 73.3 Å². The molecule has 0 spiro atoms. The zero-order chi connectivity index (χ0) is 21.9. The maximum atomic E-state index is 13.2. The third-order valence-corrected chi connectivity index (χ3v) is 5.52. The number of carbonyl (C=O) groups is 2. The lowest BCUT2D eigenvalue weighted by Gasteiger charge is -2.24. The molecule has 0 unspecified atom stereocenters. The molecule has 5 heteroatoms. The number of hydrogen-bond acceptors (Lipinski definition) is 4. The largest absolute Gasteiger partial charge is 0.447 e. The van der Waals surface area contributed by atoms with E-state index in [0.717, 1.165) is 24.0 Å². The lowest BCUT2D eigenvalue weighted by molar-refractivity contribution is -0.133. The van der Waals surface area contributed by atoms with Crippen LogP contribution in [0.3, 0.4) is 0 Å². The number of amides is 2. The molecule has 2 atom stereocenters. The molecule has 0 radical (unpaired) electrons. The van der Waals surface area contributed by atoms with E-state index in [-0.39, 0.29) is 24.5 Å². The monoisotopic (exact) mass is 421 g/mol. The number of carbonyl (C=O) groups excluding carboxylic acids is 2. The Balaban J connectivity index is 1.48. The Morgan fingerprint density at radius 1 is 1.10 bits per heavy atom. The highest BCUT2D eigenvalue weighted by Crippen LogP contribution is 2.24. The first-order valence-corrected chi connectivity index (χ1v) is 11.0. The summed E-state index contributed by atoms with van der Waals surface area (Å²) >= 11 is 0. The lowest BCUT2D eigenvalue weighted by Crippen LogP contribution is -2.43. The summed E-state index contributed by atoms with van der Waals surface area (Å²) in [4.78, 5) is 26.8. The summed E-state index contributed by atoms with van der Waals surface area (Å²) in [7, 11) is 0. The molecule has 0 aromatic heterocycles. The van der Waals surface area contributed by atoms with Crippen molar-refractivity contribution < 1.29 is 19.1 Å². The molecule has 5 nitrogen and oxygen atoms in total. The van der Waals surface area contributed by atoms with Crippen LogP contribution in [-0.2, 0) is 27.3 Å². The highest BCUT2D eigenvalue weighted by Gasteiger charge is 2.40. The fourth-order valence-corrected chi connectivity index (χ4v) is 3.87. The van der Waals surface area contributed by atoms with Gasteiger partial charge in [-0.2, -0.15) is 0 Å². The molecule has 1 fully saturated rings. The third kappa shape index (κ3) is 6.79. The number of nitrogens with zero attached hydrogens (tertiary/aromatic N) is 1. The standard InChI is InChI=1S/C26H31NO4/c1-2-11-23(16-9-10-17-30-19-22-14-7-4-8-15-22)25(28)27-24(20-31-26(27)29)18-21-12-5-3-6-13-21/h2-8,12-15,23-24H,1,9-11,16-20H2/t23-,24-/m1/s1. The van der Waals surface area contributed by atoms with E-state index >= 15 is 0 Å². The third-order valence-electron chi connectivity index (χ3n) is 5.52. The van der Waals surface area contributed by atoms with Gasteiger partial charge >= 0.3 is 6.09 Å². The molecule has 1 aliphatic heterocycles. The van der Waals surface area contributed by atoms with E-state index in [1.807, 2.05) is 60.7 Å². The van der Waals surface area contributed by atoms with Crippen molar-refractivity contribution in [2.75, 3.05) is 13.2 Å². The van der Waals surface area contributed by atoms with Gasteiger partial charge in [0.2, 0.25) is 5.91 Å². The van der Waals surface area contributed by atoms with Gasteiger partial charge in [-0.1, -0.05) is 73.2 Å². The summed E-state index contributed by atoms with van der Waals surface area (Å²) in [5, 5.41) is 0. The topological polar surface area (TPSA) is 55.8 Å². The number of hydrogen-bond donors (Lipinski definition) is 0. The number of allylic oxidation sites excluding steroid dienone is 1. The van der Waals surface area contributed by atoms with Crippen molar-refractivity contribution in [3.8, 4) is 0 Å². The lowest BCUT2D eigenvalue weighted by atomic mass is 9.95. The van der Waals surface area contributed by atoms with Gasteiger partial charge in [-0.05, 0) is 36.8 Å². The number of imide groups is 1. The van der Waals surface area contributed by atoms with Gasteiger partial charge < -0.3 is 9.47 Å². The van der Waals surface area contributed by atoms with Crippen LogP contribution in [0.5, 0.6) is 0 Å². The molecule has 2 aromatic rings. The zero-order valence-electron chi connectivity index (χ0n) is 17.9. The minimum Gasteiger partial charge on any atom is -0.447 e. The molecule has 164 valence electrons. The Morgan fingerprint density at radius 3 is 2.45 bits per heavy atom. The van der Waals surface area contributed by atoms with Gasteiger partial charge in [0.05, 0.1) is 12.6 Å². The van der Waals surface area contributed by atoms with Gasteiger partial charge in [-0.25, -0.2) is 9.69 Å². The number of unbranched alkanes of at least 4 members (excludes halogenated alkanes) is 1. The minimum absolute atomic E-state index is 0.159. The summed E-state index contributed by atoms with van der Waals surface area (Å²) in [6, 6.07) is 19.7. The summed E-state index contributed by atoms with van der Waals surface area (Å²) in [5.74, 6) is -0.427. The van der Waals surface area contributed by atoms with Crippen molar-refractivity contribution in [3.05, 3.63) is 84.4 Å². The molecule has 2 aromatic carbocycles. The normalized spacial score (nSPS) is 16.7. The van der Waals surface area contributed by atoms with Crippen molar-refractivity contribution in [2.45, 2.75) is 44.8 Å². The van der Waals surface area contributed by atoms with E-state index in [1.54, 1.807) is 6.08 Å². The first kappa shape index (κ1) is 22.8. The van der Waals surface area contributed by atoms with Crippen LogP contribution in [0.25, 0.3) is 0 Å². The van der Waals surface area contributed by atoms with Gasteiger partial charge in [-0.3, -0.25) is 4.79 Å². The maximum Gasteiger partial charge on any atom is 0.416 e. The molecule has 1 heterocycles. The quantitative estimate of drug-likeness (QED) is 0.351. The minimum atomic E-state index is -0.536. The van der Waals surface area contributed by atoms with E-state index in [9.17, 15) is 9.59 Å². The predicted molar refractivity (Wildman–Crippen MR) is 120 cm³/mol. The van der Waals surface area contributed by atoms with E-state index in [0.29, 0.717) is 32.5 Å². The first-order chi connectivity index (χ1) is 15.2. The number of benzene rings is 2. The van der Waals surface area contributed by atoms with Crippen molar-refractivity contribution in [1.29, 1.82) is 0 Å². The molecule has 31 heavy (non-hydrogen) atoms. The molecule has 0 saturated carbocycles. The van der Waals surface area contributed by atoms with Crippen molar-refractivity contribution in [3.63, 3.8) is 0 Å². The molecular weight excluding hydrogens is 390 g/mol. The zero-order valence-corrected chi connectivity index (χ0v) is 17.9. The van der Waals surface area contributed by atoms with E-state index in [4.69, 9.17) is 9.47 Å². The van der Waals surface area contributed by atoms with Gasteiger partial charge in [0.1, 0.15) is 6.61 Å². The highest BCUT2D eigenvalue weighted by atomic mass is 16.6.